The van der Waals surface area contributed by atoms with E-state index in [9.17, 15) is 12.8 Å². The van der Waals surface area contributed by atoms with Crippen LogP contribution < -0.4 is 5.32 Å². The van der Waals surface area contributed by atoms with Crippen molar-refractivity contribution >= 4 is 9.84 Å². The van der Waals surface area contributed by atoms with Crippen LogP contribution in [0.15, 0.2) is 24.3 Å². The maximum atomic E-state index is 12.9. The molecule has 0 aliphatic carbocycles. The van der Waals surface area contributed by atoms with Crippen molar-refractivity contribution in [1.82, 2.24) is 5.32 Å². The normalized spacial score (nSPS) is 23.4. The van der Waals surface area contributed by atoms with Crippen LogP contribution >= 0.6 is 0 Å². The van der Waals surface area contributed by atoms with Gasteiger partial charge in [0, 0.05) is 12.6 Å². The van der Waals surface area contributed by atoms with Gasteiger partial charge in [-0.2, -0.15) is 0 Å². The Morgan fingerprint density at radius 3 is 2.58 bits per heavy atom. The summed E-state index contributed by atoms with van der Waals surface area (Å²) in [7, 11) is -2.90. The van der Waals surface area contributed by atoms with E-state index in [0.29, 0.717) is 12.3 Å². The van der Waals surface area contributed by atoms with E-state index in [1.54, 1.807) is 12.1 Å². The average molecular weight is 285 g/mol. The van der Waals surface area contributed by atoms with Crippen molar-refractivity contribution in [2.24, 2.45) is 0 Å². The summed E-state index contributed by atoms with van der Waals surface area (Å²) in [5.41, 5.74) is 0.999. The highest BCUT2D eigenvalue weighted by atomic mass is 32.2. The molecule has 1 fully saturated rings. The Balaban J connectivity index is 1.98. The Hall–Kier alpha value is -0.940. The molecule has 1 aromatic carbocycles. The monoisotopic (exact) mass is 285 g/mol. The van der Waals surface area contributed by atoms with E-state index >= 15 is 0 Å². The second-order valence-electron chi connectivity index (χ2n) is 5.05. The van der Waals surface area contributed by atoms with Crippen LogP contribution in [-0.4, -0.2) is 26.0 Å². The summed E-state index contributed by atoms with van der Waals surface area (Å²) in [4.78, 5) is 0. The molecule has 2 unspecified atom stereocenters. The minimum absolute atomic E-state index is 0.0800. The molecule has 1 aliphatic rings. The summed E-state index contributed by atoms with van der Waals surface area (Å²) < 4.78 is 36.4. The molecule has 1 saturated heterocycles. The number of hydrogen-bond donors (Lipinski definition) is 1. The first-order valence-electron chi connectivity index (χ1n) is 6.73. The number of rotatable bonds is 5. The molecule has 2 atom stereocenters. The van der Waals surface area contributed by atoms with Crippen LogP contribution in [0, 0.1) is 5.82 Å². The molecule has 1 aliphatic heterocycles. The van der Waals surface area contributed by atoms with Crippen molar-refractivity contribution < 1.29 is 12.8 Å². The summed E-state index contributed by atoms with van der Waals surface area (Å²) in [6.45, 7) is 2.52. The van der Waals surface area contributed by atoms with Crippen molar-refractivity contribution in [3.05, 3.63) is 35.6 Å². The Kier molecular flexibility index (Phi) is 4.58. The molecule has 0 amide bonds. The summed E-state index contributed by atoms with van der Waals surface area (Å²) in [6.07, 6.45) is 2.36. The zero-order valence-electron chi connectivity index (χ0n) is 11.1. The van der Waals surface area contributed by atoms with E-state index in [2.05, 4.69) is 5.32 Å². The molecule has 1 N–H and O–H groups in total. The molecule has 106 valence electrons. The standard InChI is InChI=1S/C14H20FNO2S/c1-2-14(11-5-7-12(15)8-6-11)16-10-13-4-3-9-19(13,17)18/h5-8,13-14,16H,2-4,9-10H2,1H3. The van der Waals surface area contributed by atoms with E-state index in [1.807, 2.05) is 6.92 Å². The number of halogens is 1. The van der Waals surface area contributed by atoms with Gasteiger partial charge in [0.25, 0.3) is 0 Å². The first-order valence-corrected chi connectivity index (χ1v) is 8.45. The first kappa shape index (κ1) is 14.5. The van der Waals surface area contributed by atoms with Crippen molar-refractivity contribution in [2.75, 3.05) is 12.3 Å². The quantitative estimate of drug-likeness (QED) is 0.904. The minimum atomic E-state index is -2.90. The van der Waals surface area contributed by atoms with Gasteiger partial charge in [0.1, 0.15) is 5.82 Å². The highest BCUT2D eigenvalue weighted by Gasteiger charge is 2.31. The lowest BCUT2D eigenvalue weighted by molar-refractivity contribution is 0.501. The predicted octanol–water partition coefficient (Wildman–Crippen LogP) is 2.44. The second-order valence-corrected chi connectivity index (χ2v) is 7.45. The molecule has 0 radical (unpaired) electrons. The zero-order valence-corrected chi connectivity index (χ0v) is 11.9. The van der Waals surface area contributed by atoms with Crippen LogP contribution in [0.1, 0.15) is 37.8 Å². The van der Waals surface area contributed by atoms with Gasteiger partial charge in [-0.1, -0.05) is 19.1 Å². The third kappa shape index (κ3) is 3.54. The molecule has 0 saturated carbocycles. The van der Waals surface area contributed by atoms with Crippen LogP contribution in [-0.2, 0) is 9.84 Å². The van der Waals surface area contributed by atoms with Crippen LogP contribution in [0.25, 0.3) is 0 Å². The molecule has 0 aromatic heterocycles. The van der Waals surface area contributed by atoms with Crippen LogP contribution in [0.3, 0.4) is 0 Å². The Morgan fingerprint density at radius 2 is 2.05 bits per heavy atom. The maximum absolute atomic E-state index is 12.9. The number of sulfone groups is 1. The predicted molar refractivity (Wildman–Crippen MR) is 74.2 cm³/mol. The van der Waals surface area contributed by atoms with Crippen LogP contribution in [0.2, 0.25) is 0 Å². The Labute approximate surface area is 114 Å². The molecule has 5 heteroatoms. The molecule has 0 bridgehead atoms. The number of hydrogen-bond acceptors (Lipinski definition) is 3. The summed E-state index contributed by atoms with van der Waals surface area (Å²) in [5, 5.41) is 3.04. The van der Waals surface area contributed by atoms with Gasteiger partial charge >= 0.3 is 0 Å². The van der Waals surface area contributed by atoms with Gasteiger partial charge in [0.05, 0.1) is 11.0 Å². The highest BCUT2D eigenvalue weighted by Crippen LogP contribution is 2.22. The Morgan fingerprint density at radius 1 is 1.37 bits per heavy atom. The second kappa shape index (κ2) is 6.01. The van der Waals surface area contributed by atoms with Crippen LogP contribution in [0.5, 0.6) is 0 Å². The van der Waals surface area contributed by atoms with E-state index in [4.69, 9.17) is 0 Å². The van der Waals surface area contributed by atoms with Crippen LogP contribution in [0.4, 0.5) is 4.39 Å². The molecule has 19 heavy (non-hydrogen) atoms. The lowest BCUT2D eigenvalue weighted by Gasteiger charge is -2.19. The van der Waals surface area contributed by atoms with Gasteiger partial charge in [-0.25, -0.2) is 12.8 Å². The van der Waals surface area contributed by atoms with E-state index in [1.165, 1.54) is 12.1 Å². The van der Waals surface area contributed by atoms with Crippen molar-refractivity contribution in [3.63, 3.8) is 0 Å². The van der Waals surface area contributed by atoms with Gasteiger partial charge < -0.3 is 5.32 Å². The first-order chi connectivity index (χ1) is 9.03. The van der Waals surface area contributed by atoms with Crippen molar-refractivity contribution in [2.45, 2.75) is 37.5 Å². The van der Waals surface area contributed by atoms with Gasteiger partial charge in [-0.05, 0) is 37.0 Å². The van der Waals surface area contributed by atoms with Gasteiger partial charge in [0.15, 0.2) is 9.84 Å². The van der Waals surface area contributed by atoms with E-state index in [-0.39, 0.29) is 17.1 Å². The molecule has 1 aromatic rings. The molecule has 1 heterocycles. The molecule has 3 nitrogen and oxygen atoms in total. The maximum Gasteiger partial charge on any atom is 0.154 e. The summed E-state index contributed by atoms with van der Waals surface area (Å²) >= 11 is 0. The number of benzene rings is 1. The van der Waals surface area contributed by atoms with Gasteiger partial charge in [-0.3, -0.25) is 0 Å². The Bertz CT molecular complexity index is 513. The smallest absolute Gasteiger partial charge is 0.154 e. The molecular weight excluding hydrogens is 265 g/mol. The SMILES string of the molecule is CCC(NCC1CCCS1(=O)=O)c1ccc(F)cc1. The zero-order chi connectivity index (χ0) is 13.9. The van der Waals surface area contributed by atoms with Gasteiger partial charge in [-0.15, -0.1) is 0 Å². The average Bonchev–Trinajstić information content (AvgIpc) is 2.71. The number of nitrogens with one attached hydrogen (secondary N) is 1. The topological polar surface area (TPSA) is 46.2 Å². The fourth-order valence-corrected chi connectivity index (χ4v) is 4.33. The summed E-state index contributed by atoms with van der Waals surface area (Å²) in [5.74, 6) is 0.0594. The van der Waals surface area contributed by atoms with Gasteiger partial charge in [0.2, 0.25) is 0 Å². The fourth-order valence-electron chi connectivity index (χ4n) is 2.55. The van der Waals surface area contributed by atoms with E-state index in [0.717, 1.165) is 24.8 Å². The molecule has 2 rings (SSSR count). The van der Waals surface area contributed by atoms with Crippen molar-refractivity contribution in [1.29, 1.82) is 0 Å². The minimum Gasteiger partial charge on any atom is -0.309 e. The third-order valence-electron chi connectivity index (χ3n) is 3.74. The van der Waals surface area contributed by atoms with Crippen molar-refractivity contribution in [3.8, 4) is 0 Å². The highest BCUT2D eigenvalue weighted by molar-refractivity contribution is 7.92. The lowest BCUT2D eigenvalue weighted by Crippen LogP contribution is -2.33. The fraction of sp³-hybridized carbons (Fsp3) is 0.571. The summed E-state index contributed by atoms with van der Waals surface area (Å²) in [6, 6.07) is 6.45. The lowest BCUT2D eigenvalue weighted by atomic mass is 10.0. The molecule has 0 spiro atoms. The largest absolute Gasteiger partial charge is 0.309 e. The van der Waals surface area contributed by atoms with E-state index < -0.39 is 9.84 Å². The third-order valence-corrected chi connectivity index (χ3v) is 6.01. The molecular formula is C14H20FNO2S.